The highest BCUT2D eigenvalue weighted by atomic mass is 16.3. The largest absolute Gasteiger partial charge is 0.392 e. The van der Waals surface area contributed by atoms with Crippen molar-refractivity contribution < 1.29 is 5.11 Å². The Morgan fingerprint density at radius 3 is 1.84 bits per heavy atom. The number of hydrogen-bond acceptors (Lipinski definition) is 1. The normalized spacial score (nSPS) is 15.5. The molecular formula is C18H20O. The summed E-state index contributed by atoms with van der Waals surface area (Å²) in [4.78, 5) is 0. The first-order chi connectivity index (χ1) is 9.24. The summed E-state index contributed by atoms with van der Waals surface area (Å²) in [6.45, 7) is 5.93. The molecule has 0 aliphatic carbocycles. The van der Waals surface area contributed by atoms with Crippen LogP contribution in [0.1, 0.15) is 29.9 Å². The molecule has 2 aromatic rings. The average molecular weight is 252 g/mol. The highest BCUT2D eigenvalue weighted by molar-refractivity contribution is 5.28. The molecule has 98 valence electrons. The van der Waals surface area contributed by atoms with Crippen LogP contribution in [0.3, 0.4) is 0 Å². The Hall–Kier alpha value is -1.86. The molecule has 2 aromatic carbocycles. The van der Waals surface area contributed by atoms with E-state index in [1.54, 1.807) is 0 Å². The molecular weight excluding hydrogens is 232 g/mol. The van der Waals surface area contributed by atoms with E-state index >= 15 is 0 Å². The van der Waals surface area contributed by atoms with Crippen LogP contribution < -0.4 is 0 Å². The van der Waals surface area contributed by atoms with Crippen molar-refractivity contribution in [3.63, 3.8) is 0 Å². The van der Waals surface area contributed by atoms with Crippen LogP contribution in [0, 0.1) is 0 Å². The van der Waals surface area contributed by atoms with E-state index in [0.29, 0.717) is 0 Å². The molecule has 0 saturated carbocycles. The lowest BCUT2D eigenvalue weighted by Crippen LogP contribution is -2.23. The van der Waals surface area contributed by atoms with Gasteiger partial charge >= 0.3 is 0 Å². The van der Waals surface area contributed by atoms with Gasteiger partial charge in [0.05, 0.1) is 6.10 Å². The minimum atomic E-state index is -0.470. The van der Waals surface area contributed by atoms with E-state index in [0.717, 1.165) is 11.1 Å². The summed E-state index contributed by atoms with van der Waals surface area (Å²) in [7, 11) is 0. The molecule has 1 nitrogen and oxygen atoms in total. The fourth-order valence-electron chi connectivity index (χ4n) is 2.41. The predicted molar refractivity (Wildman–Crippen MR) is 80.2 cm³/mol. The third kappa shape index (κ3) is 3.12. The first-order valence-electron chi connectivity index (χ1n) is 6.64. The van der Waals surface area contributed by atoms with Crippen LogP contribution in [0.5, 0.6) is 0 Å². The molecule has 3 unspecified atom stereocenters. The van der Waals surface area contributed by atoms with Crippen LogP contribution in [0.4, 0.5) is 0 Å². The molecule has 0 fully saturated rings. The molecule has 0 aliphatic rings. The van der Waals surface area contributed by atoms with Gasteiger partial charge < -0.3 is 5.11 Å². The molecule has 3 atom stereocenters. The van der Waals surface area contributed by atoms with Crippen LogP contribution in [0.15, 0.2) is 73.3 Å². The van der Waals surface area contributed by atoms with Gasteiger partial charge in [0.2, 0.25) is 0 Å². The van der Waals surface area contributed by atoms with E-state index in [9.17, 15) is 5.11 Å². The molecule has 0 aliphatic heterocycles. The monoisotopic (exact) mass is 252 g/mol. The molecule has 0 saturated heterocycles. The number of aliphatic hydroxyl groups excluding tert-OH is 1. The van der Waals surface area contributed by atoms with Gasteiger partial charge in [-0.15, -0.1) is 6.58 Å². The maximum atomic E-state index is 10.6. The van der Waals surface area contributed by atoms with Crippen molar-refractivity contribution in [2.45, 2.75) is 24.9 Å². The Labute approximate surface area is 115 Å². The van der Waals surface area contributed by atoms with Gasteiger partial charge in [0, 0.05) is 11.8 Å². The summed E-state index contributed by atoms with van der Waals surface area (Å²) in [6.07, 6.45) is 1.36. The van der Waals surface area contributed by atoms with Crippen molar-refractivity contribution in [3.8, 4) is 0 Å². The number of rotatable bonds is 5. The summed E-state index contributed by atoms with van der Waals surface area (Å²) >= 11 is 0. The van der Waals surface area contributed by atoms with Gasteiger partial charge in [0.25, 0.3) is 0 Å². The number of aliphatic hydroxyl groups is 1. The lowest BCUT2D eigenvalue weighted by Gasteiger charge is -2.26. The summed E-state index contributed by atoms with van der Waals surface area (Å²) in [5.41, 5.74) is 2.26. The summed E-state index contributed by atoms with van der Waals surface area (Å²) in [5.74, 6) is 0.0285. The SMILES string of the molecule is C=CC(c1ccccc1)C(O)C(C)c1ccccc1. The Morgan fingerprint density at radius 2 is 1.37 bits per heavy atom. The van der Waals surface area contributed by atoms with Gasteiger partial charge in [0.15, 0.2) is 0 Å². The first kappa shape index (κ1) is 13.6. The number of benzene rings is 2. The highest BCUT2D eigenvalue weighted by Gasteiger charge is 2.24. The van der Waals surface area contributed by atoms with Gasteiger partial charge in [-0.2, -0.15) is 0 Å². The van der Waals surface area contributed by atoms with E-state index in [4.69, 9.17) is 0 Å². The van der Waals surface area contributed by atoms with Crippen molar-refractivity contribution in [2.24, 2.45) is 0 Å². The highest BCUT2D eigenvalue weighted by Crippen LogP contribution is 2.30. The Morgan fingerprint density at radius 1 is 0.895 bits per heavy atom. The first-order valence-corrected chi connectivity index (χ1v) is 6.64. The van der Waals surface area contributed by atoms with Gasteiger partial charge in [0.1, 0.15) is 0 Å². The molecule has 2 rings (SSSR count). The zero-order valence-electron chi connectivity index (χ0n) is 11.2. The molecule has 1 N–H and O–H groups in total. The third-order valence-corrected chi connectivity index (χ3v) is 3.64. The standard InChI is InChI=1S/C18H20O/c1-3-17(16-12-8-5-9-13-16)18(19)14(2)15-10-6-4-7-11-15/h3-14,17-19H,1H2,2H3. The predicted octanol–water partition coefficient (Wildman–Crippen LogP) is 4.12. The van der Waals surface area contributed by atoms with E-state index < -0.39 is 6.10 Å². The zero-order valence-corrected chi connectivity index (χ0v) is 11.2. The van der Waals surface area contributed by atoms with Gasteiger partial charge in [-0.25, -0.2) is 0 Å². The van der Waals surface area contributed by atoms with Crippen molar-refractivity contribution in [1.82, 2.24) is 0 Å². The summed E-state index contributed by atoms with van der Waals surface area (Å²) < 4.78 is 0. The molecule has 0 heterocycles. The van der Waals surface area contributed by atoms with E-state index in [-0.39, 0.29) is 11.8 Å². The molecule has 0 spiro atoms. The van der Waals surface area contributed by atoms with E-state index in [1.165, 1.54) is 0 Å². The van der Waals surface area contributed by atoms with Gasteiger partial charge in [-0.3, -0.25) is 0 Å². The smallest absolute Gasteiger partial charge is 0.0708 e. The lowest BCUT2D eigenvalue weighted by atomic mass is 9.83. The van der Waals surface area contributed by atoms with Gasteiger partial charge in [-0.05, 0) is 11.1 Å². The zero-order chi connectivity index (χ0) is 13.7. The molecule has 0 amide bonds. The van der Waals surface area contributed by atoms with Crippen molar-refractivity contribution in [1.29, 1.82) is 0 Å². The van der Waals surface area contributed by atoms with Crippen LogP contribution in [0.2, 0.25) is 0 Å². The molecule has 0 bridgehead atoms. The lowest BCUT2D eigenvalue weighted by molar-refractivity contribution is 0.134. The Bertz CT molecular complexity index is 504. The van der Waals surface area contributed by atoms with E-state index in [2.05, 4.69) is 25.6 Å². The van der Waals surface area contributed by atoms with Crippen LogP contribution in [0.25, 0.3) is 0 Å². The Kier molecular flexibility index (Phi) is 4.53. The van der Waals surface area contributed by atoms with E-state index in [1.807, 2.05) is 54.6 Å². The maximum absolute atomic E-state index is 10.6. The minimum absolute atomic E-state index is 0.0450. The van der Waals surface area contributed by atoms with Crippen LogP contribution in [-0.2, 0) is 0 Å². The van der Waals surface area contributed by atoms with Crippen LogP contribution in [-0.4, -0.2) is 11.2 Å². The van der Waals surface area contributed by atoms with Crippen molar-refractivity contribution in [3.05, 3.63) is 84.4 Å². The average Bonchev–Trinajstić information content (AvgIpc) is 2.49. The topological polar surface area (TPSA) is 20.2 Å². The summed E-state index contributed by atoms with van der Waals surface area (Å²) in [5, 5.41) is 10.6. The second-order valence-electron chi connectivity index (χ2n) is 4.86. The third-order valence-electron chi connectivity index (χ3n) is 3.64. The molecule has 19 heavy (non-hydrogen) atoms. The molecule has 1 heteroatoms. The summed E-state index contributed by atoms with van der Waals surface area (Å²) in [6, 6.07) is 20.1. The second-order valence-corrected chi connectivity index (χ2v) is 4.86. The van der Waals surface area contributed by atoms with Crippen LogP contribution >= 0.6 is 0 Å². The second kappa shape index (κ2) is 6.35. The fourth-order valence-corrected chi connectivity index (χ4v) is 2.41. The minimum Gasteiger partial charge on any atom is -0.392 e. The molecule has 0 radical (unpaired) electrons. The van der Waals surface area contributed by atoms with Gasteiger partial charge in [-0.1, -0.05) is 73.7 Å². The Balaban J connectivity index is 2.22. The quantitative estimate of drug-likeness (QED) is 0.794. The maximum Gasteiger partial charge on any atom is 0.0708 e. The fraction of sp³-hybridized carbons (Fsp3) is 0.222. The number of hydrogen-bond donors (Lipinski definition) is 1. The molecule has 0 aromatic heterocycles. The van der Waals surface area contributed by atoms with Crippen molar-refractivity contribution in [2.75, 3.05) is 0 Å². The van der Waals surface area contributed by atoms with Crippen molar-refractivity contribution >= 4 is 0 Å².